The number of hydrogen-bond acceptors (Lipinski definition) is 4. The standard InChI is InChI=1S/C9H8N2O2/c1-5(12)9-7(10)8-6(13-9)3-2-4-11-8/h2-4H,10H2,1H3. The summed E-state index contributed by atoms with van der Waals surface area (Å²) < 4.78 is 5.22. The number of pyridine rings is 1. The summed E-state index contributed by atoms with van der Waals surface area (Å²) >= 11 is 0. The molecule has 0 saturated heterocycles. The van der Waals surface area contributed by atoms with Crippen LogP contribution in [0.1, 0.15) is 17.5 Å². The largest absolute Gasteiger partial charge is 0.449 e. The van der Waals surface area contributed by atoms with Crippen molar-refractivity contribution in [3.8, 4) is 0 Å². The lowest BCUT2D eigenvalue weighted by Gasteiger charge is -1.88. The molecule has 0 radical (unpaired) electrons. The third-order valence-electron chi connectivity index (χ3n) is 1.80. The maximum atomic E-state index is 11.0. The molecule has 2 aromatic heterocycles. The molecule has 4 nitrogen and oxygen atoms in total. The molecule has 2 heterocycles. The third-order valence-corrected chi connectivity index (χ3v) is 1.80. The Labute approximate surface area is 74.4 Å². The predicted octanol–water partition coefficient (Wildman–Crippen LogP) is 1.61. The summed E-state index contributed by atoms with van der Waals surface area (Å²) in [5.74, 6) is 0.00389. The van der Waals surface area contributed by atoms with E-state index in [1.165, 1.54) is 6.92 Å². The van der Waals surface area contributed by atoms with Crippen LogP contribution < -0.4 is 5.73 Å². The van der Waals surface area contributed by atoms with Gasteiger partial charge in [0.15, 0.2) is 17.1 Å². The van der Waals surface area contributed by atoms with Gasteiger partial charge >= 0.3 is 0 Å². The molecule has 0 spiro atoms. The number of rotatable bonds is 1. The molecule has 2 aromatic rings. The van der Waals surface area contributed by atoms with Crippen LogP contribution in [0.4, 0.5) is 5.69 Å². The molecule has 0 bridgehead atoms. The first-order chi connectivity index (χ1) is 6.20. The van der Waals surface area contributed by atoms with Crippen molar-refractivity contribution in [3.63, 3.8) is 0 Å². The van der Waals surface area contributed by atoms with Crippen LogP contribution in [0.2, 0.25) is 0 Å². The number of anilines is 1. The zero-order valence-corrected chi connectivity index (χ0v) is 7.07. The van der Waals surface area contributed by atoms with Crippen LogP contribution in [0.25, 0.3) is 11.1 Å². The molecule has 0 aliphatic carbocycles. The minimum atomic E-state index is -0.185. The summed E-state index contributed by atoms with van der Waals surface area (Å²) in [6.45, 7) is 1.41. The Morgan fingerprint density at radius 1 is 1.62 bits per heavy atom. The maximum absolute atomic E-state index is 11.0. The molecule has 2 N–H and O–H groups in total. The van der Waals surface area contributed by atoms with E-state index in [2.05, 4.69) is 4.98 Å². The van der Waals surface area contributed by atoms with Crippen LogP contribution in [0.3, 0.4) is 0 Å². The van der Waals surface area contributed by atoms with Gasteiger partial charge in [-0.25, -0.2) is 0 Å². The zero-order valence-electron chi connectivity index (χ0n) is 7.07. The first-order valence-corrected chi connectivity index (χ1v) is 3.84. The quantitative estimate of drug-likeness (QED) is 0.670. The lowest BCUT2D eigenvalue weighted by atomic mass is 10.3. The number of hydrogen-bond donors (Lipinski definition) is 1. The number of ketones is 1. The average Bonchev–Trinajstić information content (AvgIpc) is 2.45. The Morgan fingerprint density at radius 2 is 2.38 bits per heavy atom. The fourth-order valence-corrected chi connectivity index (χ4v) is 1.21. The Bertz CT molecular complexity index is 473. The highest BCUT2D eigenvalue weighted by molar-refractivity contribution is 6.03. The monoisotopic (exact) mass is 176 g/mol. The maximum Gasteiger partial charge on any atom is 0.197 e. The number of furan rings is 1. The second-order valence-electron chi connectivity index (χ2n) is 2.75. The van der Waals surface area contributed by atoms with Crippen molar-refractivity contribution in [3.05, 3.63) is 24.1 Å². The van der Waals surface area contributed by atoms with Gasteiger partial charge < -0.3 is 10.2 Å². The van der Waals surface area contributed by atoms with Gasteiger partial charge in [-0.15, -0.1) is 0 Å². The van der Waals surface area contributed by atoms with E-state index in [0.717, 1.165) is 0 Å². The first-order valence-electron chi connectivity index (χ1n) is 3.84. The number of fused-ring (bicyclic) bond motifs is 1. The van der Waals surface area contributed by atoms with Gasteiger partial charge in [-0.05, 0) is 12.1 Å². The average molecular weight is 176 g/mol. The van der Waals surface area contributed by atoms with Crippen molar-refractivity contribution < 1.29 is 9.21 Å². The van der Waals surface area contributed by atoms with Gasteiger partial charge in [-0.2, -0.15) is 0 Å². The Morgan fingerprint density at radius 3 is 3.00 bits per heavy atom. The van der Waals surface area contributed by atoms with Gasteiger partial charge in [0.05, 0.1) is 0 Å². The van der Waals surface area contributed by atoms with E-state index < -0.39 is 0 Å². The van der Waals surface area contributed by atoms with Crippen molar-refractivity contribution in [1.29, 1.82) is 0 Å². The molecule has 0 amide bonds. The number of carbonyl (C=O) groups excluding carboxylic acids is 1. The molecule has 0 fully saturated rings. The van der Waals surface area contributed by atoms with Crippen molar-refractivity contribution in [1.82, 2.24) is 4.98 Å². The molecular weight excluding hydrogens is 168 g/mol. The lowest BCUT2D eigenvalue weighted by Crippen LogP contribution is -1.95. The topological polar surface area (TPSA) is 69.1 Å². The number of Topliss-reactive ketones (excluding diaryl/α,β-unsaturated/α-hetero) is 1. The number of nitrogens with zero attached hydrogens (tertiary/aromatic N) is 1. The van der Waals surface area contributed by atoms with E-state index >= 15 is 0 Å². The molecule has 13 heavy (non-hydrogen) atoms. The molecule has 4 heteroatoms. The molecule has 0 unspecified atom stereocenters. The smallest absolute Gasteiger partial charge is 0.197 e. The van der Waals surface area contributed by atoms with Gasteiger partial charge in [-0.1, -0.05) is 0 Å². The highest BCUT2D eigenvalue weighted by atomic mass is 16.3. The van der Waals surface area contributed by atoms with Crippen molar-refractivity contribution >= 4 is 22.6 Å². The number of nitrogen functional groups attached to an aromatic ring is 1. The number of aromatic nitrogens is 1. The number of carbonyl (C=O) groups is 1. The van der Waals surface area contributed by atoms with Gasteiger partial charge in [0.1, 0.15) is 11.2 Å². The summed E-state index contributed by atoms with van der Waals surface area (Å²) in [5.41, 5.74) is 7.08. The second-order valence-corrected chi connectivity index (χ2v) is 2.75. The number of nitrogens with two attached hydrogens (primary N) is 1. The molecule has 0 atom stereocenters. The summed E-state index contributed by atoms with van der Waals surface area (Å²) in [6.07, 6.45) is 1.61. The highest BCUT2D eigenvalue weighted by Crippen LogP contribution is 2.25. The Balaban J connectivity index is 2.81. The second kappa shape index (κ2) is 2.58. The van der Waals surface area contributed by atoms with Crippen molar-refractivity contribution in [2.75, 3.05) is 5.73 Å². The van der Waals surface area contributed by atoms with Crippen LogP contribution in [-0.4, -0.2) is 10.8 Å². The SMILES string of the molecule is CC(=O)c1oc2cccnc2c1N. The van der Waals surface area contributed by atoms with E-state index in [1.54, 1.807) is 18.3 Å². The lowest BCUT2D eigenvalue weighted by molar-refractivity contribution is 0.0990. The van der Waals surface area contributed by atoms with Crippen molar-refractivity contribution in [2.24, 2.45) is 0 Å². The van der Waals surface area contributed by atoms with Gasteiger partial charge in [0.25, 0.3) is 0 Å². The molecule has 0 aliphatic heterocycles. The predicted molar refractivity (Wildman–Crippen MR) is 48.4 cm³/mol. The molecule has 0 saturated carbocycles. The Kier molecular flexibility index (Phi) is 1.55. The van der Waals surface area contributed by atoms with Gasteiger partial charge in [-0.3, -0.25) is 9.78 Å². The Hall–Kier alpha value is -1.84. The van der Waals surface area contributed by atoms with Crippen LogP contribution in [-0.2, 0) is 0 Å². The molecule has 66 valence electrons. The van der Waals surface area contributed by atoms with E-state index in [0.29, 0.717) is 16.8 Å². The van der Waals surface area contributed by atoms with E-state index in [1.807, 2.05) is 0 Å². The van der Waals surface area contributed by atoms with E-state index in [4.69, 9.17) is 10.2 Å². The minimum Gasteiger partial charge on any atom is -0.449 e. The van der Waals surface area contributed by atoms with Crippen LogP contribution in [0.5, 0.6) is 0 Å². The van der Waals surface area contributed by atoms with E-state index in [-0.39, 0.29) is 11.5 Å². The fraction of sp³-hybridized carbons (Fsp3) is 0.111. The normalized spacial score (nSPS) is 10.5. The van der Waals surface area contributed by atoms with Crippen LogP contribution in [0.15, 0.2) is 22.7 Å². The first kappa shape index (κ1) is 7.79. The van der Waals surface area contributed by atoms with Gasteiger partial charge in [0.2, 0.25) is 0 Å². The molecular formula is C9H8N2O2. The van der Waals surface area contributed by atoms with E-state index in [9.17, 15) is 4.79 Å². The molecule has 0 aliphatic rings. The minimum absolute atomic E-state index is 0.185. The molecule has 0 aromatic carbocycles. The fourth-order valence-electron chi connectivity index (χ4n) is 1.21. The summed E-state index contributed by atoms with van der Waals surface area (Å²) in [7, 11) is 0. The highest BCUT2D eigenvalue weighted by Gasteiger charge is 2.14. The summed E-state index contributed by atoms with van der Waals surface area (Å²) in [6, 6.07) is 3.46. The van der Waals surface area contributed by atoms with Crippen molar-refractivity contribution in [2.45, 2.75) is 6.92 Å². The summed E-state index contributed by atoms with van der Waals surface area (Å²) in [4.78, 5) is 15.0. The zero-order chi connectivity index (χ0) is 9.42. The van der Waals surface area contributed by atoms with Gasteiger partial charge in [0, 0.05) is 13.1 Å². The van der Waals surface area contributed by atoms with Crippen LogP contribution >= 0.6 is 0 Å². The summed E-state index contributed by atoms with van der Waals surface area (Å²) in [5, 5.41) is 0. The third kappa shape index (κ3) is 1.07. The molecule has 2 rings (SSSR count). The van der Waals surface area contributed by atoms with Crippen LogP contribution in [0, 0.1) is 0 Å².